The Morgan fingerprint density at radius 2 is 1.74 bits per heavy atom. The number of nitrogens with one attached hydrogen (secondary N) is 2. The van der Waals surface area contributed by atoms with Crippen LogP contribution >= 0.6 is 11.6 Å². The fraction of sp³-hybridized carbons (Fsp3) is 0.375. The molecule has 2 rings (SSSR count). The van der Waals surface area contributed by atoms with Crippen molar-refractivity contribution in [2.75, 3.05) is 38.6 Å². The molecule has 0 spiro atoms. The molecule has 0 aliphatic carbocycles. The topological polar surface area (TPSA) is 117 Å². The molecule has 0 saturated heterocycles. The fourth-order valence-electron chi connectivity index (χ4n) is 2.99. The second kappa shape index (κ2) is 14.2. The van der Waals surface area contributed by atoms with E-state index in [1.54, 1.807) is 25.2 Å². The smallest absolute Gasteiger partial charge is 0.411 e. The highest BCUT2D eigenvalue weighted by atomic mass is 35.5. The molecule has 9 nitrogen and oxygen atoms in total. The first-order valence-corrected chi connectivity index (χ1v) is 11.5. The summed E-state index contributed by atoms with van der Waals surface area (Å²) >= 11 is 6.20. The molecule has 0 atom stereocenters. The van der Waals surface area contributed by atoms with Crippen LogP contribution in [0.5, 0.6) is 0 Å². The Kier molecular flexibility index (Phi) is 11.3. The zero-order chi connectivity index (χ0) is 24.9. The van der Waals surface area contributed by atoms with Crippen molar-refractivity contribution in [2.24, 2.45) is 5.73 Å². The maximum absolute atomic E-state index is 12.8. The number of aryl methyl sites for hydroxylation is 1. The minimum absolute atomic E-state index is 0.0355. The molecule has 0 radical (unpaired) electrons. The van der Waals surface area contributed by atoms with Gasteiger partial charge >= 0.3 is 6.09 Å². The van der Waals surface area contributed by atoms with E-state index in [4.69, 9.17) is 22.1 Å². The number of hydrogen-bond acceptors (Lipinski definition) is 6. The van der Waals surface area contributed by atoms with Crippen molar-refractivity contribution in [2.45, 2.75) is 26.3 Å². The number of carbonyl (C=O) groups excluding carboxylic acids is 3. The van der Waals surface area contributed by atoms with Crippen LogP contribution in [-0.2, 0) is 27.3 Å². The van der Waals surface area contributed by atoms with Crippen LogP contribution in [0, 0.1) is 0 Å². The Morgan fingerprint density at radius 3 is 2.38 bits per heavy atom. The van der Waals surface area contributed by atoms with Crippen LogP contribution in [0.15, 0.2) is 48.5 Å². The lowest BCUT2D eigenvalue weighted by Gasteiger charge is -2.26. The van der Waals surface area contributed by atoms with E-state index in [0.29, 0.717) is 17.3 Å². The van der Waals surface area contributed by atoms with Crippen molar-refractivity contribution < 1.29 is 19.1 Å². The zero-order valence-corrected chi connectivity index (χ0v) is 20.3. The van der Waals surface area contributed by atoms with E-state index in [1.165, 1.54) is 9.91 Å². The molecule has 10 heteroatoms. The SMILES string of the molecule is CCc1ccc(NC(=O)OCCC(=O)N(CCN(C)C(=O)CN)NCc2ccccc2Cl)cc1. The third-order valence-corrected chi connectivity index (χ3v) is 5.51. The summed E-state index contributed by atoms with van der Waals surface area (Å²) < 4.78 is 5.16. The number of ether oxygens (including phenoxy) is 1. The van der Waals surface area contributed by atoms with Crippen molar-refractivity contribution in [3.8, 4) is 0 Å². The summed E-state index contributed by atoms with van der Waals surface area (Å²) in [6, 6.07) is 14.7. The van der Waals surface area contributed by atoms with Crippen LogP contribution in [0.25, 0.3) is 0 Å². The van der Waals surface area contributed by atoms with E-state index < -0.39 is 6.09 Å². The number of likely N-dealkylation sites (N-methyl/N-ethyl adjacent to an activating group) is 1. The molecule has 0 saturated carbocycles. The van der Waals surface area contributed by atoms with Gasteiger partial charge in [-0.25, -0.2) is 10.2 Å². The molecule has 0 aliphatic rings. The molecular formula is C24H32ClN5O4. The van der Waals surface area contributed by atoms with E-state index in [1.807, 2.05) is 30.3 Å². The lowest BCUT2D eigenvalue weighted by Crippen LogP contribution is -2.47. The predicted molar refractivity (Wildman–Crippen MR) is 132 cm³/mol. The van der Waals surface area contributed by atoms with Gasteiger partial charge in [-0.05, 0) is 35.7 Å². The number of rotatable bonds is 12. The normalized spacial score (nSPS) is 10.5. The number of amides is 3. The van der Waals surface area contributed by atoms with Gasteiger partial charge in [0.2, 0.25) is 11.8 Å². The quantitative estimate of drug-likeness (QED) is 0.395. The highest BCUT2D eigenvalue weighted by Gasteiger charge is 2.17. The van der Waals surface area contributed by atoms with Crippen LogP contribution in [-0.4, -0.2) is 61.1 Å². The molecule has 0 aromatic heterocycles. The summed E-state index contributed by atoms with van der Waals surface area (Å²) in [7, 11) is 1.62. The highest BCUT2D eigenvalue weighted by Crippen LogP contribution is 2.14. The van der Waals surface area contributed by atoms with Crippen molar-refractivity contribution in [3.63, 3.8) is 0 Å². The van der Waals surface area contributed by atoms with Gasteiger partial charge in [0.1, 0.15) is 6.61 Å². The van der Waals surface area contributed by atoms with Gasteiger partial charge in [0.05, 0.1) is 19.5 Å². The van der Waals surface area contributed by atoms with Gasteiger partial charge in [-0.2, -0.15) is 0 Å². The number of anilines is 1. The first-order valence-electron chi connectivity index (χ1n) is 11.1. The van der Waals surface area contributed by atoms with Crippen LogP contribution in [0.1, 0.15) is 24.5 Å². The number of nitrogens with two attached hydrogens (primary N) is 1. The maximum Gasteiger partial charge on any atom is 0.411 e. The molecular weight excluding hydrogens is 458 g/mol. The van der Waals surface area contributed by atoms with E-state index >= 15 is 0 Å². The average molecular weight is 490 g/mol. The number of hydrazine groups is 1. The van der Waals surface area contributed by atoms with Crippen LogP contribution in [0.2, 0.25) is 5.02 Å². The molecule has 0 unspecified atom stereocenters. The molecule has 0 fully saturated rings. The van der Waals surface area contributed by atoms with E-state index in [9.17, 15) is 14.4 Å². The Bertz CT molecular complexity index is 955. The molecule has 0 heterocycles. The van der Waals surface area contributed by atoms with Gasteiger partial charge < -0.3 is 15.4 Å². The summed E-state index contributed by atoms with van der Waals surface area (Å²) in [5.41, 5.74) is 11.0. The summed E-state index contributed by atoms with van der Waals surface area (Å²) in [6.07, 6.45) is 0.233. The molecule has 4 N–H and O–H groups in total. The molecule has 0 aliphatic heterocycles. The van der Waals surface area contributed by atoms with Crippen LogP contribution in [0.4, 0.5) is 10.5 Å². The number of halogens is 1. The number of nitrogens with zero attached hydrogens (tertiary/aromatic N) is 2. The van der Waals surface area contributed by atoms with Crippen LogP contribution < -0.4 is 16.5 Å². The lowest BCUT2D eigenvalue weighted by molar-refractivity contribution is -0.137. The molecule has 2 aromatic rings. The number of benzene rings is 2. The summed E-state index contributed by atoms with van der Waals surface area (Å²) in [5, 5.41) is 4.61. The first-order chi connectivity index (χ1) is 16.3. The third kappa shape index (κ3) is 9.01. The molecule has 3 amide bonds. The standard InChI is InChI=1S/C24H32ClN5O4/c1-3-18-8-10-20(11-9-18)28-24(33)34-15-12-22(31)30(14-13-29(2)23(32)16-26)27-17-19-6-4-5-7-21(19)25/h4-11,27H,3,12-17,26H2,1-2H3,(H,28,33). The first kappa shape index (κ1) is 27.1. The van der Waals surface area contributed by atoms with Gasteiger partial charge in [-0.3, -0.25) is 19.9 Å². The van der Waals surface area contributed by atoms with Crippen LogP contribution in [0.3, 0.4) is 0 Å². The van der Waals surface area contributed by atoms with E-state index in [-0.39, 0.29) is 44.5 Å². The van der Waals surface area contributed by atoms with Crippen molar-refractivity contribution in [3.05, 3.63) is 64.7 Å². The predicted octanol–water partition coefficient (Wildman–Crippen LogP) is 2.79. The lowest BCUT2D eigenvalue weighted by atomic mass is 10.1. The Labute approximate surface area is 205 Å². The third-order valence-electron chi connectivity index (χ3n) is 5.14. The van der Waals surface area contributed by atoms with Gasteiger partial charge in [0, 0.05) is 30.8 Å². The summed E-state index contributed by atoms with van der Waals surface area (Å²) in [6.45, 7) is 2.67. The van der Waals surface area contributed by atoms with Crippen molar-refractivity contribution in [1.82, 2.24) is 15.3 Å². The van der Waals surface area contributed by atoms with Crippen molar-refractivity contribution >= 4 is 35.2 Å². The van der Waals surface area contributed by atoms with Gasteiger partial charge in [0.15, 0.2) is 0 Å². The Balaban J connectivity index is 1.88. The monoisotopic (exact) mass is 489 g/mol. The second-order valence-corrected chi connectivity index (χ2v) is 7.96. The molecule has 34 heavy (non-hydrogen) atoms. The van der Waals surface area contributed by atoms with E-state index in [2.05, 4.69) is 17.7 Å². The molecule has 184 valence electrons. The van der Waals surface area contributed by atoms with Gasteiger partial charge in [0.25, 0.3) is 0 Å². The molecule has 0 bridgehead atoms. The minimum Gasteiger partial charge on any atom is -0.449 e. The largest absolute Gasteiger partial charge is 0.449 e. The fourth-order valence-corrected chi connectivity index (χ4v) is 3.19. The molecule has 2 aromatic carbocycles. The second-order valence-electron chi connectivity index (χ2n) is 7.55. The Hall–Kier alpha value is -3.14. The van der Waals surface area contributed by atoms with E-state index in [0.717, 1.165) is 17.5 Å². The highest BCUT2D eigenvalue weighted by molar-refractivity contribution is 6.31. The maximum atomic E-state index is 12.8. The van der Waals surface area contributed by atoms with Crippen molar-refractivity contribution in [1.29, 1.82) is 0 Å². The summed E-state index contributed by atoms with van der Waals surface area (Å²) in [4.78, 5) is 38.0. The Morgan fingerprint density at radius 1 is 1.03 bits per heavy atom. The zero-order valence-electron chi connectivity index (χ0n) is 19.6. The number of carbonyl (C=O) groups is 3. The van der Waals surface area contributed by atoms with Gasteiger partial charge in [-0.1, -0.05) is 48.9 Å². The average Bonchev–Trinajstić information content (AvgIpc) is 2.84. The number of hydrogen-bond donors (Lipinski definition) is 3. The summed E-state index contributed by atoms with van der Waals surface area (Å²) in [5.74, 6) is -0.522. The minimum atomic E-state index is -0.638. The van der Waals surface area contributed by atoms with Gasteiger partial charge in [-0.15, -0.1) is 0 Å².